The van der Waals surface area contributed by atoms with E-state index in [4.69, 9.17) is 4.74 Å². The number of benzene rings is 1. The molecule has 0 aliphatic carbocycles. The average Bonchev–Trinajstić information content (AvgIpc) is 2.25. The van der Waals surface area contributed by atoms with Gasteiger partial charge in [-0.05, 0) is 18.6 Å². The summed E-state index contributed by atoms with van der Waals surface area (Å²) in [6.07, 6.45) is 4.78. The molecule has 0 radical (unpaired) electrons. The summed E-state index contributed by atoms with van der Waals surface area (Å²) in [7, 11) is 0. The lowest BCUT2D eigenvalue weighted by Gasteiger charge is -2.00. The van der Waals surface area contributed by atoms with Crippen molar-refractivity contribution in [2.24, 2.45) is 0 Å². The van der Waals surface area contributed by atoms with E-state index in [1.807, 2.05) is 37.3 Å². The van der Waals surface area contributed by atoms with Gasteiger partial charge in [-0.25, -0.2) is 4.79 Å². The van der Waals surface area contributed by atoms with Crippen molar-refractivity contribution in [2.45, 2.75) is 13.3 Å². The highest BCUT2D eigenvalue weighted by Crippen LogP contribution is 2.00. The molecule has 2 nitrogen and oxygen atoms in total. The van der Waals surface area contributed by atoms with Crippen LogP contribution in [-0.2, 0) is 4.74 Å². The van der Waals surface area contributed by atoms with E-state index in [2.05, 4.69) is 0 Å². The summed E-state index contributed by atoms with van der Waals surface area (Å²) >= 11 is 0. The topological polar surface area (TPSA) is 26.3 Å². The largest absolute Gasteiger partial charge is 0.458 e. The van der Waals surface area contributed by atoms with Crippen LogP contribution < -0.4 is 0 Å². The monoisotopic (exact) mass is 190 g/mol. The molecule has 0 saturated carbocycles. The normalized spacial score (nSPS) is 10.4. The van der Waals surface area contributed by atoms with Crippen molar-refractivity contribution >= 4 is 5.97 Å². The van der Waals surface area contributed by atoms with Crippen LogP contribution >= 0.6 is 0 Å². The Hall–Kier alpha value is -1.57. The Bertz CT molecular complexity index is 301. The van der Waals surface area contributed by atoms with Gasteiger partial charge in [-0.3, -0.25) is 0 Å². The van der Waals surface area contributed by atoms with Crippen LogP contribution in [0.4, 0.5) is 0 Å². The highest BCUT2D eigenvalue weighted by Gasteiger charge is 2.03. The molecule has 0 spiro atoms. The first-order valence-electron chi connectivity index (χ1n) is 4.71. The van der Waals surface area contributed by atoms with Crippen molar-refractivity contribution in [2.75, 3.05) is 6.61 Å². The number of ether oxygens (including phenoxy) is 1. The summed E-state index contributed by atoms with van der Waals surface area (Å²) in [6, 6.07) is 8.99. The lowest BCUT2D eigenvalue weighted by molar-refractivity contribution is 0.0549. The maximum absolute atomic E-state index is 11.4. The summed E-state index contributed by atoms with van der Waals surface area (Å²) in [5.41, 5.74) is 0.595. The minimum Gasteiger partial charge on any atom is -0.458 e. The molecule has 0 N–H and O–H groups in total. The smallest absolute Gasteiger partial charge is 0.338 e. The maximum Gasteiger partial charge on any atom is 0.338 e. The Morgan fingerprint density at radius 2 is 2.00 bits per heavy atom. The number of hydrogen-bond donors (Lipinski definition) is 0. The predicted octanol–water partition coefficient (Wildman–Crippen LogP) is 2.81. The Morgan fingerprint density at radius 3 is 2.64 bits per heavy atom. The summed E-state index contributed by atoms with van der Waals surface area (Å²) in [5, 5.41) is 0. The Morgan fingerprint density at radius 1 is 1.29 bits per heavy atom. The first kappa shape index (κ1) is 10.5. The molecule has 2 heteroatoms. The van der Waals surface area contributed by atoms with E-state index in [1.54, 1.807) is 12.1 Å². The van der Waals surface area contributed by atoms with Gasteiger partial charge < -0.3 is 4.74 Å². The lowest BCUT2D eigenvalue weighted by Crippen LogP contribution is -2.04. The second-order valence-electron chi connectivity index (χ2n) is 2.84. The van der Waals surface area contributed by atoms with Crippen LogP contribution in [0.1, 0.15) is 23.7 Å². The molecule has 1 aromatic rings. The van der Waals surface area contributed by atoms with E-state index >= 15 is 0 Å². The average molecular weight is 190 g/mol. The molecule has 0 saturated heterocycles. The summed E-state index contributed by atoms with van der Waals surface area (Å²) < 4.78 is 5.00. The Balaban J connectivity index is 2.40. The molecule has 0 heterocycles. The van der Waals surface area contributed by atoms with Crippen molar-refractivity contribution in [1.82, 2.24) is 0 Å². The fourth-order valence-corrected chi connectivity index (χ4v) is 1.02. The third-order valence-electron chi connectivity index (χ3n) is 1.72. The molecule has 0 unspecified atom stereocenters. The van der Waals surface area contributed by atoms with Gasteiger partial charge in [0.1, 0.15) is 6.61 Å². The standard InChI is InChI=1S/C12H14O2/c1-2-3-7-10-14-12(13)11-8-5-4-6-9-11/h3-9H,2,10H2,1H3/b7-3+. The van der Waals surface area contributed by atoms with Crippen LogP contribution in [0.15, 0.2) is 42.5 Å². The molecule has 0 aromatic heterocycles. The number of hydrogen-bond acceptors (Lipinski definition) is 2. The van der Waals surface area contributed by atoms with E-state index in [1.165, 1.54) is 0 Å². The van der Waals surface area contributed by atoms with E-state index in [0.717, 1.165) is 6.42 Å². The molecular weight excluding hydrogens is 176 g/mol. The predicted molar refractivity (Wildman–Crippen MR) is 56.2 cm³/mol. The van der Waals surface area contributed by atoms with Gasteiger partial charge in [-0.15, -0.1) is 0 Å². The molecule has 0 fully saturated rings. The Labute approximate surface area is 84.2 Å². The van der Waals surface area contributed by atoms with Gasteiger partial charge in [0, 0.05) is 0 Å². The molecule has 14 heavy (non-hydrogen) atoms. The van der Waals surface area contributed by atoms with Gasteiger partial charge in [0.15, 0.2) is 0 Å². The second kappa shape index (κ2) is 5.97. The lowest BCUT2D eigenvalue weighted by atomic mass is 10.2. The fourth-order valence-electron chi connectivity index (χ4n) is 1.02. The van der Waals surface area contributed by atoms with Crippen LogP contribution in [0, 0.1) is 0 Å². The van der Waals surface area contributed by atoms with Gasteiger partial charge in [0.05, 0.1) is 5.56 Å². The van der Waals surface area contributed by atoms with Crippen molar-refractivity contribution in [3.8, 4) is 0 Å². The molecule has 0 atom stereocenters. The molecule has 0 aliphatic rings. The zero-order chi connectivity index (χ0) is 10.2. The third kappa shape index (κ3) is 3.44. The highest BCUT2D eigenvalue weighted by atomic mass is 16.5. The van der Waals surface area contributed by atoms with Crippen LogP contribution in [0.25, 0.3) is 0 Å². The van der Waals surface area contributed by atoms with E-state index in [0.29, 0.717) is 12.2 Å². The van der Waals surface area contributed by atoms with Gasteiger partial charge in [0.2, 0.25) is 0 Å². The quantitative estimate of drug-likeness (QED) is 0.539. The fraction of sp³-hybridized carbons (Fsp3) is 0.250. The van der Waals surface area contributed by atoms with Crippen molar-refractivity contribution < 1.29 is 9.53 Å². The number of carbonyl (C=O) groups is 1. The third-order valence-corrected chi connectivity index (χ3v) is 1.72. The minimum absolute atomic E-state index is 0.272. The van der Waals surface area contributed by atoms with Gasteiger partial charge in [-0.1, -0.05) is 37.3 Å². The van der Waals surface area contributed by atoms with Crippen molar-refractivity contribution in [3.63, 3.8) is 0 Å². The zero-order valence-corrected chi connectivity index (χ0v) is 8.27. The van der Waals surface area contributed by atoms with Crippen LogP contribution in [0.5, 0.6) is 0 Å². The molecule has 74 valence electrons. The number of carbonyl (C=O) groups excluding carboxylic acids is 1. The van der Waals surface area contributed by atoms with E-state index in [-0.39, 0.29) is 5.97 Å². The maximum atomic E-state index is 11.4. The van der Waals surface area contributed by atoms with E-state index in [9.17, 15) is 4.79 Å². The van der Waals surface area contributed by atoms with Gasteiger partial charge in [-0.2, -0.15) is 0 Å². The van der Waals surface area contributed by atoms with Crippen LogP contribution in [0.2, 0.25) is 0 Å². The van der Waals surface area contributed by atoms with E-state index < -0.39 is 0 Å². The SMILES string of the molecule is CC/C=C/COC(=O)c1ccccc1. The zero-order valence-electron chi connectivity index (χ0n) is 8.27. The first-order chi connectivity index (χ1) is 6.84. The van der Waals surface area contributed by atoms with Crippen LogP contribution in [-0.4, -0.2) is 12.6 Å². The number of rotatable bonds is 4. The van der Waals surface area contributed by atoms with Crippen molar-refractivity contribution in [3.05, 3.63) is 48.0 Å². The van der Waals surface area contributed by atoms with Crippen LogP contribution in [0.3, 0.4) is 0 Å². The Kier molecular flexibility index (Phi) is 4.48. The summed E-state index contributed by atoms with van der Waals surface area (Å²) in [4.78, 5) is 11.4. The molecule has 1 rings (SSSR count). The highest BCUT2D eigenvalue weighted by molar-refractivity contribution is 5.89. The van der Waals surface area contributed by atoms with Gasteiger partial charge >= 0.3 is 5.97 Å². The molecule has 0 aliphatic heterocycles. The summed E-state index contributed by atoms with van der Waals surface area (Å²) in [6.45, 7) is 2.39. The van der Waals surface area contributed by atoms with Gasteiger partial charge in [0.25, 0.3) is 0 Å². The number of esters is 1. The summed E-state index contributed by atoms with van der Waals surface area (Å²) in [5.74, 6) is -0.272. The molecule has 0 bridgehead atoms. The second-order valence-corrected chi connectivity index (χ2v) is 2.84. The minimum atomic E-state index is -0.272. The first-order valence-corrected chi connectivity index (χ1v) is 4.71. The number of allylic oxidation sites excluding steroid dienone is 1. The molecule has 1 aromatic carbocycles. The van der Waals surface area contributed by atoms with Crippen molar-refractivity contribution in [1.29, 1.82) is 0 Å². The molecule has 0 amide bonds. The molecular formula is C12H14O2.